The Morgan fingerprint density at radius 3 is 0.593 bits per heavy atom. The summed E-state index contributed by atoms with van der Waals surface area (Å²) >= 11 is -2.09. The van der Waals surface area contributed by atoms with Crippen LogP contribution in [0.25, 0.3) is 0 Å². The molecule has 0 radical (unpaired) electrons. The summed E-state index contributed by atoms with van der Waals surface area (Å²) in [7, 11) is 0. The molecule has 0 saturated heterocycles. The zero-order valence-electron chi connectivity index (χ0n) is 42.4. The molecule has 0 rings (SSSR count). The molecule has 0 aliphatic rings. The van der Waals surface area contributed by atoms with Crippen molar-refractivity contribution in [3.8, 4) is 0 Å². The third-order valence-electron chi connectivity index (χ3n) is 11.6. The summed E-state index contributed by atoms with van der Waals surface area (Å²) in [6.07, 6.45) is 35.8. The van der Waals surface area contributed by atoms with Crippen molar-refractivity contribution in [3.63, 3.8) is 0 Å². The third-order valence-corrected chi connectivity index (χ3v) is 29.8. The Hall–Kier alpha value is 0.537. The second kappa shape index (κ2) is 48.0. The third kappa shape index (κ3) is 62.9. The van der Waals surface area contributed by atoms with Gasteiger partial charge in [-0.15, -0.1) is 0 Å². The van der Waals surface area contributed by atoms with Crippen molar-refractivity contribution in [2.75, 3.05) is 0 Å². The monoisotopic (exact) mass is 1050 g/mol. The number of carboxylic acids is 2. The first kappa shape index (κ1) is 63.8. The maximum Gasteiger partial charge on any atom is 0.0414 e. The first-order chi connectivity index (χ1) is 28.0. The van der Waals surface area contributed by atoms with E-state index < -0.39 is 51.5 Å². The topological polar surface area (TPSA) is 80.3 Å². The van der Waals surface area contributed by atoms with E-state index in [0.29, 0.717) is 0 Å². The summed E-state index contributed by atoms with van der Waals surface area (Å²) in [6, 6.07) is 0. The van der Waals surface area contributed by atoms with Crippen LogP contribution in [0.4, 0.5) is 0 Å². The number of hydrogen-bond acceptors (Lipinski definition) is 4. The molecule has 0 heterocycles. The SMILES string of the molecule is CC(C)CCCC[CH2][Sn+]([CH2]CCCCC(C)C)[CH2]CCCCC(C)C.CC(C)CCCC[CH2][Sn+]([CH2]CCCCC(C)C)[CH2]CCCCC(C)C.O=C([O-])CCCC(=O)[O-]. The largest absolute Gasteiger partial charge is 0.550 e. The van der Waals surface area contributed by atoms with Crippen molar-refractivity contribution < 1.29 is 19.8 Å². The van der Waals surface area contributed by atoms with Crippen molar-refractivity contribution in [2.45, 2.75) is 283 Å². The van der Waals surface area contributed by atoms with E-state index >= 15 is 0 Å². The summed E-state index contributed by atoms with van der Waals surface area (Å²) in [5.74, 6) is 2.97. The molecule has 4 nitrogen and oxygen atoms in total. The van der Waals surface area contributed by atoms with Crippen molar-refractivity contribution in [1.82, 2.24) is 0 Å². The Morgan fingerprint density at radius 1 is 0.288 bits per heavy atom. The van der Waals surface area contributed by atoms with Gasteiger partial charge in [0.1, 0.15) is 0 Å². The van der Waals surface area contributed by atoms with Gasteiger partial charge in [-0.2, -0.15) is 0 Å². The van der Waals surface area contributed by atoms with Crippen LogP contribution in [-0.2, 0) is 9.59 Å². The number of unbranched alkanes of at least 4 members (excludes halogenated alkanes) is 12. The van der Waals surface area contributed by atoms with Crippen molar-refractivity contribution >= 4 is 51.5 Å². The van der Waals surface area contributed by atoms with Crippen LogP contribution >= 0.6 is 0 Å². The van der Waals surface area contributed by atoms with Crippen molar-refractivity contribution in [2.24, 2.45) is 35.5 Å². The van der Waals surface area contributed by atoms with Crippen LogP contribution in [-0.4, -0.2) is 51.5 Å². The molecule has 352 valence electrons. The molecule has 59 heavy (non-hydrogen) atoms. The maximum atomic E-state index is 9.66. The fourth-order valence-corrected chi connectivity index (χ4v) is 24.9. The zero-order valence-corrected chi connectivity index (χ0v) is 48.1. The summed E-state index contributed by atoms with van der Waals surface area (Å²) in [5, 5.41) is 19.3. The summed E-state index contributed by atoms with van der Waals surface area (Å²) < 4.78 is 10.2. The van der Waals surface area contributed by atoms with E-state index in [2.05, 4.69) is 83.1 Å². The zero-order chi connectivity index (χ0) is 45.1. The molecule has 0 spiro atoms. The fourth-order valence-electron chi connectivity index (χ4n) is 7.75. The fraction of sp³-hybridized carbons (Fsp3) is 0.962. The molecule has 0 unspecified atom stereocenters. The molecular weight excluding hydrogens is 938 g/mol. The van der Waals surface area contributed by atoms with Gasteiger partial charge >= 0.3 is 339 Å². The molecule has 0 N–H and O–H groups in total. The minimum atomic E-state index is -1.23. The van der Waals surface area contributed by atoms with Crippen LogP contribution in [0.5, 0.6) is 0 Å². The number of carbonyl (C=O) groups excluding carboxylic acids is 2. The van der Waals surface area contributed by atoms with Gasteiger partial charge in [0.15, 0.2) is 0 Å². The van der Waals surface area contributed by atoms with Gasteiger partial charge in [-0.05, 0) is 19.3 Å². The molecule has 0 atom stereocenters. The molecule has 0 aromatic heterocycles. The van der Waals surface area contributed by atoms with Crippen LogP contribution in [0.2, 0.25) is 26.6 Å². The molecule has 0 aromatic rings. The minimum Gasteiger partial charge on any atom is -0.550 e. The normalized spacial score (nSPS) is 11.4. The smallest absolute Gasteiger partial charge is 0.0414 e. The molecule has 0 saturated carbocycles. The average molecular weight is 1050 g/mol. The van der Waals surface area contributed by atoms with Gasteiger partial charge in [-0.1, -0.05) is 0 Å². The summed E-state index contributed by atoms with van der Waals surface area (Å²) in [5.41, 5.74) is 0. The Balaban J connectivity index is -0.000000880. The van der Waals surface area contributed by atoms with E-state index in [1.165, 1.54) is 116 Å². The van der Waals surface area contributed by atoms with Gasteiger partial charge in [0.2, 0.25) is 0 Å². The predicted octanol–water partition coefficient (Wildman–Crippen LogP) is 15.9. The summed E-state index contributed by atoms with van der Waals surface area (Å²) in [6.45, 7) is 28.4. The van der Waals surface area contributed by atoms with E-state index in [1.807, 2.05) is 0 Å². The number of aliphatic carboxylic acids is 2. The summed E-state index contributed by atoms with van der Waals surface area (Å²) in [4.78, 5) is 19.3. The standard InChI is InChI=1S/6C8H17.C5H8O4.2Sn/c6*1-4-5-6-7-8(2)3;6-4(7)2-1-3-5(8)9;;/h6*8H,1,4-7H2,2-3H3;1-3H2,(H,6,7)(H,8,9);;/q;;;;;;;2*+1/p-2. The molecule has 0 aliphatic heterocycles. The molecule has 0 aromatic carbocycles. The number of rotatable bonds is 40. The Morgan fingerprint density at radius 2 is 0.458 bits per heavy atom. The second-order valence-corrected chi connectivity index (χ2v) is 38.2. The van der Waals surface area contributed by atoms with E-state index in [-0.39, 0.29) is 19.3 Å². The molecule has 0 amide bonds. The molecular formula is C53H108O4Sn2. The number of carbonyl (C=O) groups is 2. The average Bonchev–Trinajstić information content (AvgIpc) is 3.12. The van der Waals surface area contributed by atoms with Crippen LogP contribution in [0.15, 0.2) is 0 Å². The number of carboxylic acid groups (broad SMARTS) is 2. The van der Waals surface area contributed by atoms with Crippen LogP contribution in [0.1, 0.15) is 256 Å². The van der Waals surface area contributed by atoms with E-state index in [1.54, 1.807) is 65.1 Å². The van der Waals surface area contributed by atoms with Crippen LogP contribution in [0, 0.1) is 35.5 Å². The van der Waals surface area contributed by atoms with Crippen molar-refractivity contribution in [3.05, 3.63) is 0 Å². The molecule has 0 aliphatic carbocycles. The van der Waals surface area contributed by atoms with E-state index in [9.17, 15) is 19.8 Å². The quantitative estimate of drug-likeness (QED) is 0.0452. The van der Waals surface area contributed by atoms with Gasteiger partial charge in [-0.3, -0.25) is 0 Å². The minimum absolute atomic E-state index is 0.0880. The van der Waals surface area contributed by atoms with Crippen LogP contribution in [0.3, 0.4) is 0 Å². The molecule has 6 heteroatoms. The first-order valence-corrected chi connectivity index (χ1v) is 38.1. The van der Waals surface area contributed by atoms with Crippen molar-refractivity contribution in [1.29, 1.82) is 0 Å². The van der Waals surface area contributed by atoms with Gasteiger partial charge < -0.3 is 19.8 Å². The van der Waals surface area contributed by atoms with E-state index in [4.69, 9.17) is 0 Å². The second-order valence-electron chi connectivity index (χ2n) is 21.1. The van der Waals surface area contributed by atoms with Crippen LogP contribution < -0.4 is 10.2 Å². The first-order valence-electron chi connectivity index (χ1n) is 26.0. The Bertz CT molecular complexity index is 703. The number of hydrogen-bond donors (Lipinski definition) is 0. The van der Waals surface area contributed by atoms with Gasteiger partial charge in [0.25, 0.3) is 0 Å². The van der Waals surface area contributed by atoms with Gasteiger partial charge in [-0.25, -0.2) is 0 Å². The predicted molar refractivity (Wildman–Crippen MR) is 264 cm³/mol. The molecule has 0 fully saturated rings. The van der Waals surface area contributed by atoms with Gasteiger partial charge in [0, 0.05) is 11.9 Å². The van der Waals surface area contributed by atoms with Gasteiger partial charge in [0.05, 0.1) is 0 Å². The van der Waals surface area contributed by atoms with E-state index in [0.717, 1.165) is 35.5 Å². The Labute approximate surface area is 387 Å². The maximum absolute atomic E-state index is 9.66. The molecule has 0 bridgehead atoms. The Kier molecular flexibility index (Phi) is 51.9.